The van der Waals surface area contributed by atoms with Crippen molar-refractivity contribution in [3.63, 3.8) is 0 Å². The van der Waals surface area contributed by atoms with E-state index in [4.69, 9.17) is 9.47 Å². The van der Waals surface area contributed by atoms with E-state index < -0.39 is 0 Å². The zero-order valence-electron chi connectivity index (χ0n) is 12.4. The minimum absolute atomic E-state index is 0.147. The number of aromatic nitrogens is 2. The molecule has 0 unspecified atom stereocenters. The number of nitrogens with one attached hydrogen (secondary N) is 1. The molecule has 0 spiro atoms. The van der Waals surface area contributed by atoms with Crippen molar-refractivity contribution < 1.29 is 9.47 Å². The van der Waals surface area contributed by atoms with Crippen LogP contribution < -0.4 is 9.47 Å². The van der Waals surface area contributed by atoms with E-state index in [1.54, 1.807) is 7.11 Å². The van der Waals surface area contributed by atoms with Gasteiger partial charge in [-0.2, -0.15) is 0 Å². The van der Waals surface area contributed by atoms with Gasteiger partial charge in [-0.25, -0.2) is 4.98 Å². The summed E-state index contributed by atoms with van der Waals surface area (Å²) in [6, 6.07) is 13.7. The first-order valence-corrected chi connectivity index (χ1v) is 6.92. The third-order valence-corrected chi connectivity index (χ3v) is 3.41. The third kappa shape index (κ3) is 2.84. The SMILES string of the molecule is COc1ccc(O[C@H](C)c2nc3ccc(C)cc3[nH]2)cc1. The minimum Gasteiger partial charge on any atom is -0.497 e. The van der Waals surface area contributed by atoms with Crippen molar-refractivity contribution in [2.24, 2.45) is 0 Å². The largest absolute Gasteiger partial charge is 0.497 e. The minimum atomic E-state index is -0.147. The molecule has 0 aliphatic rings. The zero-order valence-corrected chi connectivity index (χ0v) is 12.4. The first kappa shape index (κ1) is 13.5. The van der Waals surface area contributed by atoms with Gasteiger partial charge in [0.25, 0.3) is 0 Å². The summed E-state index contributed by atoms with van der Waals surface area (Å²) in [4.78, 5) is 7.90. The van der Waals surface area contributed by atoms with Crippen LogP contribution in [0.15, 0.2) is 42.5 Å². The van der Waals surface area contributed by atoms with Gasteiger partial charge in [-0.05, 0) is 55.8 Å². The monoisotopic (exact) mass is 282 g/mol. The quantitative estimate of drug-likeness (QED) is 0.786. The lowest BCUT2D eigenvalue weighted by atomic mass is 10.2. The van der Waals surface area contributed by atoms with Crippen molar-refractivity contribution in [1.82, 2.24) is 9.97 Å². The molecule has 0 radical (unpaired) electrons. The summed E-state index contributed by atoms with van der Waals surface area (Å²) in [6.45, 7) is 4.05. The van der Waals surface area contributed by atoms with Crippen LogP contribution in [0.4, 0.5) is 0 Å². The topological polar surface area (TPSA) is 47.1 Å². The number of methoxy groups -OCH3 is 1. The summed E-state index contributed by atoms with van der Waals surface area (Å²) in [7, 11) is 1.65. The lowest BCUT2D eigenvalue weighted by molar-refractivity contribution is 0.217. The van der Waals surface area contributed by atoms with Crippen LogP contribution >= 0.6 is 0 Å². The number of rotatable bonds is 4. The number of ether oxygens (including phenoxy) is 2. The van der Waals surface area contributed by atoms with Gasteiger partial charge < -0.3 is 14.5 Å². The Balaban J connectivity index is 1.80. The Labute approximate surface area is 123 Å². The second-order valence-electron chi connectivity index (χ2n) is 5.08. The van der Waals surface area contributed by atoms with Crippen molar-refractivity contribution >= 4 is 11.0 Å². The fourth-order valence-corrected chi connectivity index (χ4v) is 2.25. The molecule has 0 bridgehead atoms. The molecule has 21 heavy (non-hydrogen) atoms. The molecule has 0 fully saturated rings. The molecule has 1 atom stereocenters. The Kier molecular flexibility index (Phi) is 3.52. The first-order chi connectivity index (χ1) is 10.2. The summed E-state index contributed by atoms with van der Waals surface area (Å²) in [5, 5.41) is 0. The van der Waals surface area contributed by atoms with Crippen molar-refractivity contribution in [3.05, 3.63) is 53.9 Å². The highest BCUT2D eigenvalue weighted by Gasteiger charge is 2.12. The highest BCUT2D eigenvalue weighted by atomic mass is 16.5. The number of fused-ring (bicyclic) bond motifs is 1. The number of aryl methyl sites for hydroxylation is 1. The van der Waals surface area contributed by atoms with Crippen LogP contribution in [0, 0.1) is 6.92 Å². The van der Waals surface area contributed by atoms with Crippen molar-refractivity contribution in [2.45, 2.75) is 20.0 Å². The maximum atomic E-state index is 5.91. The summed E-state index contributed by atoms with van der Waals surface area (Å²) >= 11 is 0. The molecule has 0 amide bonds. The van der Waals surface area contributed by atoms with Gasteiger partial charge in [-0.3, -0.25) is 0 Å². The second-order valence-corrected chi connectivity index (χ2v) is 5.08. The van der Waals surface area contributed by atoms with E-state index >= 15 is 0 Å². The Morgan fingerprint density at radius 3 is 2.48 bits per heavy atom. The van der Waals surface area contributed by atoms with Gasteiger partial charge in [0.1, 0.15) is 17.3 Å². The maximum Gasteiger partial charge on any atom is 0.153 e. The Bertz CT molecular complexity index is 747. The highest BCUT2D eigenvalue weighted by Crippen LogP contribution is 2.24. The van der Waals surface area contributed by atoms with Gasteiger partial charge in [0, 0.05) is 0 Å². The zero-order chi connectivity index (χ0) is 14.8. The highest BCUT2D eigenvalue weighted by molar-refractivity contribution is 5.75. The summed E-state index contributed by atoms with van der Waals surface area (Å²) in [5.41, 5.74) is 3.21. The lowest BCUT2D eigenvalue weighted by Gasteiger charge is -2.12. The number of hydrogen-bond acceptors (Lipinski definition) is 3. The molecule has 2 aromatic carbocycles. The van der Waals surface area contributed by atoms with Crippen LogP contribution in [-0.4, -0.2) is 17.1 Å². The molecule has 1 aromatic heterocycles. The van der Waals surface area contributed by atoms with Crippen LogP contribution in [-0.2, 0) is 0 Å². The molecule has 0 saturated heterocycles. The summed E-state index contributed by atoms with van der Waals surface area (Å²) in [6.07, 6.45) is -0.147. The predicted molar refractivity (Wildman–Crippen MR) is 82.9 cm³/mol. The maximum absolute atomic E-state index is 5.91. The lowest BCUT2D eigenvalue weighted by Crippen LogP contribution is -2.04. The van der Waals surface area contributed by atoms with E-state index in [1.807, 2.05) is 37.3 Å². The van der Waals surface area contributed by atoms with Gasteiger partial charge >= 0.3 is 0 Å². The number of benzene rings is 2. The van der Waals surface area contributed by atoms with Crippen molar-refractivity contribution in [3.8, 4) is 11.5 Å². The Hall–Kier alpha value is -2.49. The molecule has 0 aliphatic heterocycles. The number of nitrogens with zero attached hydrogens (tertiary/aromatic N) is 1. The molecule has 3 aromatic rings. The molecular formula is C17H18N2O2. The number of aromatic amines is 1. The second kappa shape index (κ2) is 5.48. The molecule has 4 nitrogen and oxygen atoms in total. The fourth-order valence-electron chi connectivity index (χ4n) is 2.25. The predicted octanol–water partition coefficient (Wildman–Crippen LogP) is 4.02. The standard InChI is InChI=1S/C17H18N2O2/c1-11-4-9-15-16(10-11)19-17(18-15)12(2)21-14-7-5-13(20-3)6-8-14/h4-10,12H,1-3H3,(H,18,19)/t12-/m1/s1. The molecule has 0 aliphatic carbocycles. The van der Waals surface area contributed by atoms with Gasteiger partial charge in [-0.1, -0.05) is 6.07 Å². The van der Waals surface area contributed by atoms with Crippen LogP contribution in [0.2, 0.25) is 0 Å². The summed E-state index contributed by atoms with van der Waals surface area (Å²) in [5.74, 6) is 2.43. The molecular weight excluding hydrogens is 264 g/mol. The van der Waals surface area contributed by atoms with E-state index in [1.165, 1.54) is 5.56 Å². The van der Waals surface area contributed by atoms with Crippen LogP contribution in [0.25, 0.3) is 11.0 Å². The molecule has 0 saturated carbocycles. The molecule has 3 rings (SSSR count). The molecule has 1 heterocycles. The van der Waals surface area contributed by atoms with Gasteiger partial charge in [0.15, 0.2) is 6.10 Å². The molecule has 1 N–H and O–H groups in total. The van der Waals surface area contributed by atoms with Crippen LogP contribution in [0.3, 0.4) is 0 Å². The Morgan fingerprint density at radius 1 is 1.05 bits per heavy atom. The molecule has 4 heteroatoms. The average molecular weight is 282 g/mol. The third-order valence-electron chi connectivity index (χ3n) is 3.41. The Morgan fingerprint density at radius 2 is 1.76 bits per heavy atom. The average Bonchev–Trinajstić information content (AvgIpc) is 2.91. The number of H-pyrrole nitrogens is 1. The van der Waals surface area contributed by atoms with Crippen molar-refractivity contribution in [1.29, 1.82) is 0 Å². The molecule has 108 valence electrons. The van der Waals surface area contributed by atoms with Crippen LogP contribution in [0.1, 0.15) is 24.4 Å². The van der Waals surface area contributed by atoms with E-state index in [-0.39, 0.29) is 6.10 Å². The summed E-state index contributed by atoms with van der Waals surface area (Å²) < 4.78 is 11.0. The number of imidazole rings is 1. The van der Waals surface area contributed by atoms with Gasteiger partial charge in [0.2, 0.25) is 0 Å². The van der Waals surface area contributed by atoms with E-state index in [9.17, 15) is 0 Å². The normalized spacial score (nSPS) is 12.3. The van der Waals surface area contributed by atoms with Crippen LogP contribution in [0.5, 0.6) is 11.5 Å². The van der Waals surface area contributed by atoms with Gasteiger partial charge in [-0.15, -0.1) is 0 Å². The fraction of sp³-hybridized carbons (Fsp3) is 0.235. The first-order valence-electron chi connectivity index (χ1n) is 6.92. The van der Waals surface area contributed by atoms with Gasteiger partial charge in [0.05, 0.1) is 18.1 Å². The van der Waals surface area contributed by atoms with E-state index in [0.717, 1.165) is 28.4 Å². The smallest absolute Gasteiger partial charge is 0.153 e. The van der Waals surface area contributed by atoms with Crippen molar-refractivity contribution in [2.75, 3.05) is 7.11 Å². The van der Waals surface area contributed by atoms with E-state index in [0.29, 0.717) is 0 Å². The van der Waals surface area contributed by atoms with E-state index in [2.05, 4.69) is 29.0 Å². The number of hydrogen-bond donors (Lipinski definition) is 1.